The maximum absolute atomic E-state index is 9.72. The van der Waals surface area contributed by atoms with E-state index in [-0.39, 0.29) is 12.1 Å². The zero-order valence-corrected chi connectivity index (χ0v) is 11.3. The van der Waals surface area contributed by atoms with Crippen LogP contribution in [0.15, 0.2) is 24.3 Å². The molecule has 1 saturated heterocycles. The van der Waals surface area contributed by atoms with Crippen molar-refractivity contribution in [1.82, 2.24) is 4.90 Å². The lowest BCUT2D eigenvalue weighted by molar-refractivity contribution is 0.164. The molecule has 2 heterocycles. The van der Waals surface area contributed by atoms with Crippen molar-refractivity contribution in [3.05, 3.63) is 34.7 Å². The highest BCUT2D eigenvalue weighted by molar-refractivity contribution is 7.19. The summed E-state index contributed by atoms with van der Waals surface area (Å²) >= 11 is 1.84. The zero-order valence-electron chi connectivity index (χ0n) is 10.5. The summed E-state index contributed by atoms with van der Waals surface area (Å²) < 4.78 is 1.34. The van der Waals surface area contributed by atoms with E-state index in [1.54, 1.807) is 0 Å². The highest BCUT2D eigenvalue weighted by Crippen LogP contribution is 2.32. The third-order valence-corrected chi connectivity index (χ3v) is 4.82. The van der Waals surface area contributed by atoms with E-state index in [2.05, 4.69) is 36.1 Å². The van der Waals surface area contributed by atoms with Crippen molar-refractivity contribution < 1.29 is 5.11 Å². The molecule has 2 aromatic rings. The Morgan fingerprint density at radius 3 is 2.89 bits per heavy atom. The molecule has 3 rings (SSSR count). The van der Waals surface area contributed by atoms with E-state index in [1.807, 2.05) is 11.3 Å². The van der Waals surface area contributed by atoms with Gasteiger partial charge in [-0.05, 0) is 23.9 Å². The van der Waals surface area contributed by atoms with Crippen LogP contribution in [-0.4, -0.2) is 35.2 Å². The molecule has 0 spiro atoms. The van der Waals surface area contributed by atoms with Crippen LogP contribution in [0.1, 0.15) is 10.4 Å². The van der Waals surface area contributed by atoms with Gasteiger partial charge >= 0.3 is 0 Å². The van der Waals surface area contributed by atoms with Gasteiger partial charge < -0.3 is 10.8 Å². The van der Waals surface area contributed by atoms with E-state index in [0.717, 1.165) is 13.1 Å². The van der Waals surface area contributed by atoms with Crippen LogP contribution in [0, 0.1) is 6.92 Å². The molecule has 4 heteroatoms. The highest BCUT2D eigenvalue weighted by atomic mass is 32.1. The van der Waals surface area contributed by atoms with Gasteiger partial charge in [0.15, 0.2) is 0 Å². The second-order valence-electron chi connectivity index (χ2n) is 5.06. The minimum atomic E-state index is -0.379. The predicted molar refractivity (Wildman–Crippen MR) is 75.8 cm³/mol. The lowest BCUT2D eigenvalue weighted by Gasteiger charge is -2.15. The molecule has 18 heavy (non-hydrogen) atoms. The maximum Gasteiger partial charge on any atom is 0.0830 e. The van der Waals surface area contributed by atoms with Gasteiger partial charge in [-0.1, -0.05) is 18.2 Å². The molecule has 3 N–H and O–H groups in total. The van der Waals surface area contributed by atoms with Crippen LogP contribution in [0.3, 0.4) is 0 Å². The molecular formula is C14H18N2OS. The van der Waals surface area contributed by atoms with Gasteiger partial charge in [0.25, 0.3) is 0 Å². The molecule has 0 bridgehead atoms. The van der Waals surface area contributed by atoms with Crippen molar-refractivity contribution in [2.75, 3.05) is 13.1 Å². The van der Waals surface area contributed by atoms with Crippen LogP contribution in [0.25, 0.3) is 10.1 Å². The number of β-amino-alcohol motifs (C(OH)–C–C–N with tert-alkyl or cyclic N) is 1. The van der Waals surface area contributed by atoms with E-state index >= 15 is 0 Å². The summed E-state index contributed by atoms with van der Waals surface area (Å²) in [7, 11) is 0. The molecule has 0 amide bonds. The lowest BCUT2D eigenvalue weighted by Crippen LogP contribution is -2.32. The standard InChI is InChI=1S/C14H18N2OS/c1-9-11(6-16-7-12(15)13(17)8-16)10-4-2-3-5-14(10)18-9/h2-5,12-13,17H,6-8,15H2,1H3/t12-,13-/m1/s1. The van der Waals surface area contributed by atoms with Crippen LogP contribution in [0.4, 0.5) is 0 Å². The Balaban J connectivity index is 1.89. The summed E-state index contributed by atoms with van der Waals surface area (Å²) in [6, 6.07) is 8.41. The van der Waals surface area contributed by atoms with Crippen LogP contribution in [0.2, 0.25) is 0 Å². The zero-order chi connectivity index (χ0) is 12.7. The van der Waals surface area contributed by atoms with Crippen molar-refractivity contribution in [1.29, 1.82) is 0 Å². The minimum absolute atomic E-state index is 0.102. The summed E-state index contributed by atoms with van der Waals surface area (Å²) in [5.74, 6) is 0. The van der Waals surface area contributed by atoms with Crippen molar-refractivity contribution in [3.8, 4) is 0 Å². The number of nitrogens with two attached hydrogens (primary N) is 1. The quantitative estimate of drug-likeness (QED) is 0.866. The second-order valence-corrected chi connectivity index (χ2v) is 6.31. The number of aryl methyl sites for hydroxylation is 1. The fourth-order valence-corrected chi connectivity index (χ4v) is 3.74. The number of aliphatic hydroxyl groups is 1. The lowest BCUT2D eigenvalue weighted by atomic mass is 10.1. The molecular weight excluding hydrogens is 244 g/mol. The first-order valence-corrected chi connectivity index (χ1v) is 7.10. The fourth-order valence-electron chi connectivity index (χ4n) is 2.66. The van der Waals surface area contributed by atoms with E-state index in [1.165, 1.54) is 20.5 Å². The smallest absolute Gasteiger partial charge is 0.0830 e. The number of hydrogen-bond donors (Lipinski definition) is 2. The molecule has 1 aliphatic heterocycles. The molecule has 0 aliphatic carbocycles. The van der Waals surface area contributed by atoms with Crippen molar-refractivity contribution in [3.63, 3.8) is 0 Å². The third-order valence-electron chi connectivity index (χ3n) is 3.69. The Bertz CT molecular complexity index is 556. The summed E-state index contributed by atoms with van der Waals surface area (Å²) in [6.45, 7) is 4.53. The summed E-state index contributed by atoms with van der Waals surface area (Å²) in [5.41, 5.74) is 7.25. The number of thiophene rings is 1. The number of benzene rings is 1. The van der Waals surface area contributed by atoms with Gasteiger partial charge in [0.1, 0.15) is 0 Å². The van der Waals surface area contributed by atoms with Crippen LogP contribution < -0.4 is 5.73 Å². The topological polar surface area (TPSA) is 49.5 Å². The summed E-state index contributed by atoms with van der Waals surface area (Å²) in [5, 5.41) is 11.1. The maximum atomic E-state index is 9.72. The van der Waals surface area contributed by atoms with Gasteiger partial charge in [0, 0.05) is 35.3 Å². The summed E-state index contributed by atoms with van der Waals surface area (Å²) in [4.78, 5) is 3.61. The van der Waals surface area contributed by atoms with Gasteiger partial charge in [-0.3, -0.25) is 4.90 Å². The molecule has 1 aromatic heterocycles. The first kappa shape index (κ1) is 12.1. The first-order valence-electron chi connectivity index (χ1n) is 6.28. The molecule has 96 valence electrons. The number of rotatable bonds is 2. The number of fused-ring (bicyclic) bond motifs is 1. The average molecular weight is 262 g/mol. The average Bonchev–Trinajstić information content (AvgIpc) is 2.82. The van der Waals surface area contributed by atoms with Gasteiger partial charge in [0.05, 0.1) is 6.10 Å². The molecule has 3 nitrogen and oxygen atoms in total. The Morgan fingerprint density at radius 1 is 1.39 bits per heavy atom. The highest BCUT2D eigenvalue weighted by Gasteiger charge is 2.28. The first-order chi connectivity index (χ1) is 8.65. The predicted octanol–water partition coefficient (Wildman–Crippen LogP) is 1.71. The number of aliphatic hydroxyl groups excluding tert-OH is 1. The van der Waals surface area contributed by atoms with E-state index in [0.29, 0.717) is 6.54 Å². The SMILES string of the molecule is Cc1sc2ccccc2c1CN1C[C@@H](N)[C@H](O)C1. The number of hydrogen-bond acceptors (Lipinski definition) is 4. The van der Waals surface area contributed by atoms with Gasteiger partial charge in [0.2, 0.25) is 0 Å². The molecule has 0 saturated carbocycles. The van der Waals surface area contributed by atoms with Crippen molar-refractivity contribution >= 4 is 21.4 Å². The van der Waals surface area contributed by atoms with E-state index in [4.69, 9.17) is 5.73 Å². The Labute approximate surface area is 111 Å². The Morgan fingerprint density at radius 2 is 2.17 bits per heavy atom. The van der Waals surface area contributed by atoms with Crippen LogP contribution in [-0.2, 0) is 6.54 Å². The van der Waals surface area contributed by atoms with Crippen LogP contribution >= 0.6 is 11.3 Å². The normalized spacial score (nSPS) is 25.1. The van der Waals surface area contributed by atoms with E-state index in [9.17, 15) is 5.11 Å². The van der Waals surface area contributed by atoms with E-state index < -0.39 is 0 Å². The molecule has 0 unspecified atom stereocenters. The molecule has 2 atom stereocenters. The summed E-state index contributed by atoms with van der Waals surface area (Å²) in [6.07, 6.45) is -0.379. The van der Waals surface area contributed by atoms with Gasteiger partial charge in [-0.25, -0.2) is 0 Å². The number of nitrogens with zero attached hydrogens (tertiary/aromatic N) is 1. The fraction of sp³-hybridized carbons (Fsp3) is 0.429. The van der Waals surface area contributed by atoms with Crippen molar-refractivity contribution in [2.24, 2.45) is 5.73 Å². The van der Waals surface area contributed by atoms with Crippen LogP contribution in [0.5, 0.6) is 0 Å². The van der Waals surface area contributed by atoms with Gasteiger partial charge in [-0.2, -0.15) is 0 Å². The van der Waals surface area contributed by atoms with Crippen molar-refractivity contribution in [2.45, 2.75) is 25.6 Å². The number of likely N-dealkylation sites (tertiary alicyclic amines) is 1. The van der Waals surface area contributed by atoms with Gasteiger partial charge in [-0.15, -0.1) is 11.3 Å². The monoisotopic (exact) mass is 262 g/mol. The second kappa shape index (κ2) is 4.63. The largest absolute Gasteiger partial charge is 0.390 e. The Hall–Kier alpha value is -0.940. The third kappa shape index (κ3) is 2.06. The molecule has 1 aliphatic rings. The molecule has 1 aromatic carbocycles. The molecule has 1 fully saturated rings. The minimum Gasteiger partial charge on any atom is -0.390 e. The Kier molecular flexibility index (Phi) is 3.11. The molecule has 0 radical (unpaired) electrons.